The van der Waals surface area contributed by atoms with Crippen LogP contribution in [0.5, 0.6) is 0 Å². The highest BCUT2D eigenvalue weighted by Gasteiger charge is 2.31. The Hall–Kier alpha value is -0.570. The molecule has 1 aliphatic heterocycles. The van der Waals surface area contributed by atoms with Crippen LogP contribution in [0.15, 0.2) is 0 Å². The Balaban J connectivity index is 2.49. The molecule has 0 spiro atoms. The van der Waals surface area contributed by atoms with Crippen molar-refractivity contribution in [1.82, 2.24) is 9.80 Å². The van der Waals surface area contributed by atoms with Gasteiger partial charge in [0.1, 0.15) is 0 Å². The molecule has 3 nitrogen and oxygen atoms in total. The number of carbonyl (C=O) groups excluding carboxylic acids is 1. The molecule has 0 unspecified atom stereocenters. The molecule has 1 heterocycles. The molecule has 0 saturated carbocycles. The Morgan fingerprint density at radius 2 is 1.65 bits per heavy atom. The lowest BCUT2D eigenvalue weighted by atomic mass is 9.92. The van der Waals surface area contributed by atoms with E-state index in [9.17, 15) is 4.79 Å². The van der Waals surface area contributed by atoms with Crippen molar-refractivity contribution in [3.63, 3.8) is 0 Å². The first kappa shape index (κ1) is 14.5. The Bertz CT molecular complexity index is 245. The first-order chi connectivity index (χ1) is 7.90. The zero-order valence-corrected chi connectivity index (χ0v) is 12.1. The van der Waals surface area contributed by atoms with Crippen LogP contribution in [0.3, 0.4) is 0 Å². The number of likely N-dealkylation sites (tertiary alicyclic amines) is 1. The zero-order valence-electron chi connectivity index (χ0n) is 12.1. The minimum Gasteiger partial charge on any atom is -0.343 e. The summed E-state index contributed by atoms with van der Waals surface area (Å²) < 4.78 is 0. The molecule has 100 valence electrons. The summed E-state index contributed by atoms with van der Waals surface area (Å²) in [6, 6.07) is 0. The second kappa shape index (κ2) is 5.85. The number of hydrogen-bond acceptors (Lipinski definition) is 2. The average molecular weight is 240 g/mol. The van der Waals surface area contributed by atoms with Gasteiger partial charge in [0.05, 0.1) is 0 Å². The third-order valence-electron chi connectivity index (χ3n) is 3.87. The molecule has 1 rings (SSSR count). The molecule has 0 radical (unpaired) electrons. The van der Waals surface area contributed by atoms with Crippen LogP contribution >= 0.6 is 0 Å². The van der Waals surface area contributed by atoms with Crippen LogP contribution in [0.25, 0.3) is 0 Å². The van der Waals surface area contributed by atoms with Gasteiger partial charge in [0.2, 0.25) is 5.91 Å². The minimum absolute atomic E-state index is 0.239. The SMILES string of the molecule is CCN(CC)C(=O)C1CCN(C(C)(C)C)CC1. The van der Waals surface area contributed by atoms with E-state index in [1.165, 1.54) is 0 Å². The third kappa shape index (κ3) is 3.70. The van der Waals surface area contributed by atoms with Gasteiger partial charge in [-0.15, -0.1) is 0 Å². The monoisotopic (exact) mass is 240 g/mol. The molecule has 1 saturated heterocycles. The van der Waals surface area contributed by atoms with Gasteiger partial charge in [0.15, 0.2) is 0 Å². The largest absolute Gasteiger partial charge is 0.343 e. The lowest BCUT2D eigenvalue weighted by molar-refractivity contribution is -0.137. The molecule has 1 fully saturated rings. The Morgan fingerprint density at radius 3 is 2.00 bits per heavy atom. The van der Waals surface area contributed by atoms with Gasteiger partial charge < -0.3 is 4.90 Å². The first-order valence-electron chi connectivity index (χ1n) is 6.94. The normalized spacial score (nSPS) is 19.4. The van der Waals surface area contributed by atoms with Gasteiger partial charge >= 0.3 is 0 Å². The molecule has 0 aromatic heterocycles. The summed E-state index contributed by atoms with van der Waals surface area (Å²) >= 11 is 0. The molecule has 1 aliphatic rings. The van der Waals surface area contributed by atoms with E-state index in [1.54, 1.807) is 0 Å². The summed E-state index contributed by atoms with van der Waals surface area (Å²) in [6.45, 7) is 14.7. The number of rotatable bonds is 3. The van der Waals surface area contributed by atoms with Crippen molar-refractivity contribution in [3.8, 4) is 0 Å². The predicted octanol–water partition coefficient (Wildman–Crippen LogP) is 2.37. The highest BCUT2D eigenvalue weighted by molar-refractivity contribution is 5.78. The van der Waals surface area contributed by atoms with Crippen LogP contribution in [0, 0.1) is 5.92 Å². The van der Waals surface area contributed by atoms with Crippen molar-refractivity contribution >= 4 is 5.91 Å². The van der Waals surface area contributed by atoms with Gasteiger partial charge in [-0.3, -0.25) is 9.69 Å². The number of hydrogen-bond donors (Lipinski definition) is 0. The van der Waals surface area contributed by atoms with Crippen LogP contribution < -0.4 is 0 Å². The van der Waals surface area contributed by atoms with E-state index in [0.717, 1.165) is 39.0 Å². The van der Waals surface area contributed by atoms with E-state index in [2.05, 4.69) is 39.5 Å². The Morgan fingerprint density at radius 1 is 1.18 bits per heavy atom. The highest BCUT2D eigenvalue weighted by atomic mass is 16.2. The molecule has 1 amide bonds. The van der Waals surface area contributed by atoms with E-state index >= 15 is 0 Å². The summed E-state index contributed by atoms with van der Waals surface area (Å²) in [4.78, 5) is 16.7. The van der Waals surface area contributed by atoms with Gasteiger partial charge in [-0.2, -0.15) is 0 Å². The van der Waals surface area contributed by atoms with Gasteiger partial charge in [-0.1, -0.05) is 0 Å². The summed E-state index contributed by atoms with van der Waals surface area (Å²) in [5.74, 6) is 0.622. The van der Waals surface area contributed by atoms with Crippen molar-refractivity contribution in [2.45, 2.75) is 53.0 Å². The molecule has 0 bridgehead atoms. The number of amides is 1. The number of piperidine rings is 1. The van der Waals surface area contributed by atoms with Crippen LogP contribution in [0.1, 0.15) is 47.5 Å². The number of nitrogens with zero attached hydrogens (tertiary/aromatic N) is 2. The highest BCUT2D eigenvalue weighted by Crippen LogP contribution is 2.24. The molecule has 0 N–H and O–H groups in total. The van der Waals surface area contributed by atoms with E-state index in [1.807, 2.05) is 4.90 Å². The molecule has 0 aromatic rings. The van der Waals surface area contributed by atoms with E-state index in [0.29, 0.717) is 5.91 Å². The maximum atomic E-state index is 12.2. The smallest absolute Gasteiger partial charge is 0.225 e. The molecular weight excluding hydrogens is 212 g/mol. The minimum atomic E-state index is 0.239. The molecule has 0 aliphatic carbocycles. The topological polar surface area (TPSA) is 23.6 Å². The fourth-order valence-corrected chi connectivity index (χ4v) is 2.59. The van der Waals surface area contributed by atoms with E-state index < -0.39 is 0 Å². The summed E-state index contributed by atoms with van der Waals surface area (Å²) in [5, 5.41) is 0. The van der Waals surface area contributed by atoms with Crippen LogP contribution in [-0.2, 0) is 4.79 Å². The lowest BCUT2D eigenvalue weighted by Gasteiger charge is -2.41. The maximum absolute atomic E-state index is 12.2. The van der Waals surface area contributed by atoms with Crippen molar-refractivity contribution in [1.29, 1.82) is 0 Å². The first-order valence-corrected chi connectivity index (χ1v) is 6.94. The second-order valence-electron chi connectivity index (χ2n) is 5.94. The summed E-state index contributed by atoms with van der Waals surface area (Å²) in [7, 11) is 0. The Labute approximate surface area is 106 Å². The molecule has 3 heteroatoms. The number of carbonyl (C=O) groups is 1. The van der Waals surface area contributed by atoms with Gasteiger partial charge in [0.25, 0.3) is 0 Å². The van der Waals surface area contributed by atoms with E-state index in [-0.39, 0.29) is 11.5 Å². The van der Waals surface area contributed by atoms with Gasteiger partial charge in [-0.25, -0.2) is 0 Å². The van der Waals surface area contributed by atoms with Crippen molar-refractivity contribution in [3.05, 3.63) is 0 Å². The summed E-state index contributed by atoms with van der Waals surface area (Å²) in [6.07, 6.45) is 2.04. The van der Waals surface area contributed by atoms with Gasteiger partial charge in [-0.05, 0) is 60.5 Å². The van der Waals surface area contributed by atoms with E-state index in [4.69, 9.17) is 0 Å². The fraction of sp³-hybridized carbons (Fsp3) is 0.929. The van der Waals surface area contributed by atoms with Crippen molar-refractivity contribution in [2.75, 3.05) is 26.2 Å². The maximum Gasteiger partial charge on any atom is 0.225 e. The summed E-state index contributed by atoms with van der Waals surface area (Å²) in [5.41, 5.74) is 0.239. The average Bonchev–Trinajstić information content (AvgIpc) is 2.29. The molecule has 0 atom stereocenters. The quantitative estimate of drug-likeness (QED) is 0.756. The lowest BCUT2D eigenvalue weighted by Crippen LogP contribution is -2.49. The fourth-order valence-electron chi connectivity index (χ4n) is 2.59. The second-order valence-corrected chi connectivity index (χ2v) is 5.94. The molecule has 17 heavy (non-hydrogen) atoms. The zero-order chi connectivity index (χ0) is 13.1. The van der Waals surface area contributed by atoms with Gasteiger partial charge in [0, 0.05) is 24.5 Å². The van der Waals surface area contributed by atoms with Crippen molar-refractivity contribution < 1.29 is 4.79 Å². The third-order valence-corrected chi connectivity index (χ3v) is 3.87. The van der Waals surface area contributed by atoms with Crippen LogP contribution in [0.2, 0.25) is 0 Å². The predicted molar refractivity (Wildman–Crippen MR) is 72.0 cm³/mol. The molecular formula is C14H28N2O. The van der Waals surface area contributed by atoms with Crippen LogP contribution in [-0.4, -0.2) is 47.4 Å². The molecule has 0 aromatic carbocycles. The Kier molecular flexibility index (Phi) is 4.99. The van der Waals surface area contributed by atoms with Crippen LogP contribution in [0.4, 0.5) is 0 Å². The standard InChI is InChI=1S/C14H28N2O/c1-6-15(7-2)13(17)12-8-10-16(11-9-12)14(3,4)5/h12H,6-11H2,1-5H3. The van der Waals surface area contributed by atoms with Crippen molar-refractivity contribution in [2.24, 2.45) is 5.92 Å².